The molecular weight excluding hydrogens is 408 g/mol. The minimum absolute atomic E-state index is 0.103. The number of rotatable bonds is 6. The number of guanidine groups is 1. The number of oxazole rings is 1. The maximum Gasteiger partial charge on any atom is 0.236 e. The molecule has 2 N–H and O–H groups in total. The van der Waals surface area contributed by atoms with Gasteiger partial charge in [-0.1, -0.05) is 6.07 Å². The number of aliphatic imine (C=N–C) groups is 1. The molecule has 30 heavy (non-hydrogen) atoms. The van der Waals surface area contributed by atoms with E-state index in [9.17, 15) is 8.78 Å². The minimum atomic E-state index is -0.568. The lowest BCUT2D eigenvalue weighted by atomic mass is 10.2. The molecule has 0 bridgehead atoms. The summed E-state index contributed by atoms with van der Waals surface area (Å²) in [6.07, 6.45) is 2.45. The summed E-state index contributed by atoms with van der Waals surface area (Å²) in [6.45, 7) is 4.39. The van der Waals surface area contributed by atoms with Crippen molar-refractivity contribution < 1.29 is 13.2 Å². The molecule has 3 aromatic rings. The van der Waals surface area contributed by atoms with Gasteiger partial charge in [-0.05, 0) is 36.9 Å². The Kier molecular flexibility index (Phi) is 6.27. The number of nitrogens with zero attached hydrogens (tertiary/aromatic N) is 3. The number of nitrogens with one attached hydrogen (secondary N) is 2. The summed E-state index contributed by atoms with van der Waals surface area (Å²) in [5.74, 6) is 0.163. The maximum atomic E-state index is 14.1. The second kappa shape index (κ2) is 9.25. The van der Waals surface area contributed by atoms with Crippen molar-refractivity contribution in [1.82, 2.24) is 15.6 Å². The van der Waals surface area contributed by atoms with Gasteiger partial charge >= 0.3 is 0 Å². The predicted molar refractivity (Wildman–Crippen MR) is 115 cm³/mol. The number of aromatic nitrogens is 1. The van der Waals surface area contributed by atoms with E-state index in [-0.39, 0.29) is 6.04 Å². The normalized spacial score (nSPS) is 16.8. The van der Waals surface area contributed by atoms with E-state index in [1.54, 1.807) is 17.6 Å². The topological polar surface area (TPSA) is 65.7 Å². The van der Waals surface area contributed by atoms with Crippen molar-refractivity contribution in [3.8, 4) is 10.8 Å². The number of halogens is 2. The highest BCUT2D eigenvalue weighted by Gasteiger charge is 2.25. The van der Waals surface area contributed by atoms with E-state index in [0.29, 0.717) is 43.7 Å². The molecule has 2 aromatic heterocycles. The largest absolute Gasteiger partial charge is 0.443 e. The van der Waals surface area contributed by atoms with E-state index < -0.39 is 11.6 Å². The Bertz CT molecular complexity index is 1000. The third-order valence-electron chi connectivity index (χ3n) is 4.81. The Morgan fingerprint density at radius 2 is 2.27 bits per heavy atom. The first-order valence-corrected chi connectivity index (χ1v) is 10.7. The Morgan fingerprint density at radius 3 is 3.03 bits per heavy atom. The van der Waals surface area contributed by atoms with Gasteiger partial charge in [0.15, 0.2) is 5.96 Å². The lowest BCUT2D eigenvalue weighted by molar-refractivity contribution is 0.574. The highest BCUT2D eigenvalue weighted by molar-refractivity contribution is 7.13. The van der Waals surface area contributed by atoms with Gasteiger partial charge in [-0.2, -0.15) is 0 Å². The summed E-state index contributed by atoms with van der Waals surface area (Å²) in [7, 11) is 0. The van der Waals surface area contributed by atoms with Gasteiger partial charge in [0.1, 0.15) is 23.6 Å². The molecule has 0 aliphatic carbocycles. The van der Waals surface area contributed by atoms with Crippen LogP contribution in [0.3, 0.4) is 0 Å². The molecule has 0 spiro atoms. The van der Waals surface area contributed by atoms with Crippen molar-refractivity contribution >= 4 is 23.0 Å². The minimum Gasteiger partial charge on any atom is -0.443 e. The van der Waals surface area contributed by atoms with Crippen LogP contribution in [0.2, 0.25) is 0 Å². The third kappa shape index (κ3) is 4.79. The fourth-order valence-electron chi connectivity index (χ4n) is 3.40. The average molecular weight is 432 g/mol. The fourth-order valence-corrected chi connectivity index (χ4v) is 4.06. The first-order chi connectivity index (χ1) is 14.6. The molecular formula is C21H23F2N5OS. The van der Waals surface area contributed by atoms with Crippen molar-refractivity contribution in [2.45, 2.75) is 25.9 Å². The molecule has 0 saturated carbocycles. The van der Waals surface area contributed by atoms with Gasteiger partial charge in [0.05, 0.1) is 17.1 Å². The molecule has 1 aromatic carbocycles. The zero-order valence-electron chi connectivity index (χ0n) is 16.6. The van der Waals surface area contributed by atoms with Crippen LogP contribution in [0.4, 0.5) is 14.5 Å². The molecule has 9 heteroatoms. The number of anilines is 1. The zero-order chi connectivity index (χ0) is 20.9. The summed E-state index contributed by atoms with van der Waals surface area (Å²) < 4.78 is 32.8. The Hall–Kier alpha value is -2.94. The average Bonchev–Trinajstić information content (AvgIpc) is 3.48. The van der Waals surface area contributed by atoms with Crippen LogP contribution in [0.5, 0.6) is 0 Å². The van der Waals surface area contributed by atoms with E-state index in [4.69, 9.17) is 4.42 Å². The van der Waals surface area contributed by atoms with Crippen LogP contribution in [0.1, 0.15) is 19.0 Å². The highest BCUT2D eigenvalue weighted by Crippen LogP contribution is 2.25. The van der Waals surface area contributed by atoms with Crippen molar-refractivity contribution in [2.75, 3.05) is 24.5 Å². The Labute approximate surface area is 177 Å². The summed E-state index contributed by atoms with van der Waals surface area (Å²) in [4.78, 5) is 12.0. The third-order valence-corrected chi connectivity index (χ3v) is 5.66. The van der Waals surface area contributed by atoms with E-state index >= 15 is 0 Å². The quantitative estimate of drug-likeness (QED) is 0.456. The molecule has 1 aliphatic heterocycles. The number of benzene rings is 1. The zero-order valence-corrected chi connectivity index (χ0v) is 17.4. The number of hydrogen-bond donors (Lipinski definition) is 2. The predicted octanol–water partition coefficient (Wildman–Crippen LogP) is 4.02. The molecule has 1 saturated heterocycles. The van der Waals surface area contributed by atoms with Gasteiger partial charge in [-0.25, -0.2) is 18.8 Å². The summed E-state index contributed by atoms with van der Waals surface area (Å²) in [5, 5.41) is 8.60. The molecule has 1 aliphatic rings. The fraction of sp³-hybridized carbons (Fsp3) is 0.333. The van der Waals surface area contributed by atoms with Crippen LogP contribution in [0, 0.1) is 11.6 Å². The molecule has 1 fully saturated rings. The molecule has 0 amide bonds. The van der Waals surface area contributed by atoms with Gasteiger partial charge in [-0.15, -0.1) is 11.3 Å². The Balaban J connectivity index is 1.37. The van der Waals surface area contributed by atoms with E-state index in [1.807, 2.05) is 29.3 Å². The van der Waals surface area contributed by atoms with Crippen LogP contribution < -0.4 is 15.5 Å². The van der Waals surface area contributed by atoms with Gasteiger partial charge in [-0.3, -0.25) is 0 Å². The highest BCUT2D eigenvalue weighted by atomic mass is 32.1. The smallest absolute Gasteiger partial charge is 0.236 e. The number of hydrogen-bond acceptors (Lipinski definition) is 5. The Morgan fingerprint density at radius 1 is 1.37 bits per heavy atom. The molecule has 3 heterocycles. The summed E-state index contributed by atoms with van der Waals surface area (Å²) in [6, 6.07) is 7.72. The van der Waals surface area contributed by atoms with Gasteiger partial charge in [0.2, 0.25) is 5.89 Å². The van der Waals surface area contributed by atoms with Crippen LogP contribution in [0.15, 0.2) is 51.4 Å². The maximum absolute atomic E-state index is 14.1. The lowest BCUT2D eigenvalue weighted by Gasteiger charge is -2.20. The number of thiophene rings is 1. The van der Waals surface area contributed by atoms with E-state index in [0.717, 1.165) is 23.1 Å². The van der Waals surface area contributed by atoms with Gasteiger partial charge < -0.3 is 20.0 Å². The first kappa shape index (κ1) is 20.3. The van der Waals surface area contributed by atoms with Crippen molar-refractivity contribution in [2.24, 2.45) is 4.99 Å². The van der Waals surface area contributed by atoms with Crippen LogP contribution in [0.25, 0.3) is 10.8 Å². The molecule has 1 unspecified atom stereocenters. The molecule has 4 rings (SSSR count). The lowest BCUT2D eigenvalue weighted by Crippen LogP contribution is -2.44. The summed E-state index contributed by atoms with van der Waals surface area (Å²) >= 11 is 1.57. The van der Waals surface area contributed by atoms with Crippen molar-refractivity contribution in [3.05, 3.63) is 59.3 Å². The SMILES string of the molecule is CCNC(=NCc1coc(-c2cccs2)n1)NC1CCN(c2ccc(F)cc2F)C1. The molecule has 1 atom stereocenters. The summed E-state index contributed by atoms with van der Waals surface area (Å²) in [5.41, 5.74) is 1.17. The van der Waals surface area contributed by atoms with Gasteiger partial charge in [0.25, 0.3) is 0 Å². The van der Waals surface area contributed by atoms with Gasteiger partial charge in [0, 0.05) is 31.7 Å². The van der Waals surface area contributed by atoms with E-state index in [1.165, 1.54) is 12.1 Å². The monoisotopic (exact) mass is 431 g/mol. The van der Waals surface area contributed by atoms with Crippen LogP contribution in [-0.4, -0.2) is 36.6 Å². The second-order valence-electron chi connectivity index (χ2n) is 6.99. The first-order valence-electron chi connectivity index (χ1n) is 9.85. The standard InChI is InChI=1S/C21H23F2N5OS/c1-2-24-21(25-11-16-13-29-20(26-16)19-4-3-9-30-19)27-15-7-8-28(12-15)18-6-5-14(22)10-17(18)23/h3-6,9-10,13,15H,2,7-8,11-12H2,1H3,(H2,24,25,27). The van der Waals surface area contributed by atoms with Crippen LogP contribution >= 0.6 is 11.3 Å². The molecule has 6 nitrogen and oxygen atoms in total. The van der Waals surface area contributed by atoms with Crippen molar-refractivity contribution in [1.29, 1.82) is 0 Å². The second-order valence-corrected chi connectivity index (χ2v) is 7.94. The van der Waals surface area contributed by atoms with Crippen LogP contribution in [-0.2, 0) is 6.54 Å². The van der Waals surface area contributed by atoms with E-state index in [2.05, 4.69) is 20.6 Å². The molecule has 0 radical (unpaired) electrons. The molecule has 158 valence electrons. The van der Waals surface area contributed by atoms with Crippen molar-refractivity contribution in [3.63, 3.8) is 0 Å².